The van der Waals surface area contributed by atoms with Crippen molar-refractivity contribution in [1.82, 2.24) is 0 Å². The lowest BCUT2D eigenvalue weighted by atomic mass is 10.2. The van der Waals surface area contributed by atoms with E-state index in [1.54, 1.807) is 25.1 Å². The highest BCUT2D eigenvalue weighted by Crippen LogP contribution is 2.27. The Bertz CT molecular complexity index is 505. The average Bonchev–Trinajstić information content (AvgIpc) is 2.36. The van der Waals surface area contributed by atoms with Crippen molar-refractivity contribution in [3.8, 4) is 5.75 Å². The van der Waals surface area contributed by atoms with Gasteiger partial charge in [-0.05, 0) is 19.1 Å². The van der Waals surface area contributed by atoms with Crippen molar-refractivity contribution in [3.63, 3.8) is 0 Å². The van der Waals surface area contributed by atoms with Crippen LogP contribution in [0.3, 0.4) is 0 Å². The molecule has 0 aromatic heterocycles. The number of rotatable bonds is 5. The first-order valence-corrected chi connectivity index (χ1v) is 6.89. The minimum Gasteiger partial charge on any atom is -0.495 e. The Morgan fingerprint density at radius 2 is 1.94 bits per heavy atom. The average molecular weight is 256 g/mol. The van der Waals surface area contributed by atoms with Crippen LogP contribution in [0.25, 0.3) is 0 Å². The van der Waals surface area contributed by atoms with Crippen LogP contribution in [0.1, 0.15) is 20.3 Å². The number of carbonyl (C=O) groups excluding carboxylic acids is 1. The number of methoxy groups -OCH3 is 1. The van der Waals surface area contributed by atoms with Crippen molar-refractivity contribution >= 4 is 15.6 Å². The molecule has 0 amide bonds. The van der Waals surface area contributed by atoms with E-state index in [1.165, 1.54) is 20.1 Å². The topological polar surface area (TPSA) is 60.4 Å². The zero-order chi connectivity index (χ0) is 13.1. The van der Waals surface area contributed by atoms with Gasteiger partial charge in [0.05, 0.1) is 7.11 Å². The zero-order valence-corrected chi connectivity index (χ0v) is 11.0. The van der Waals surface area contributed by atoms with E-state index in [-0.39, 0.29) is 22.8 Å². The highest BCUT2D eigenvalue weighted by molar-refractivity contribution is 7.92. The van der Waals surface area contributed by atoms with E-state index in [9.17, 15) is 13.2 Å². The van der Waals surface area contributed by atoms with Crippen LogP contribution in [0.5, 0.6) is 5.75 Å². The molecule has 1 aromatic carbocycles. The van der Waals surface area contributed by atoms with Gasteiger partial charge in [0.1, 0.15) is 15.9 Å². The van der Waals surface area contributed by atoms with Gasteiger partial charge in [-0.1, -0.05) is 19.1 Å². The highest BCUT2D eigenvalue weighted by atomic mass is 32.2. The molecule has 0 aliphatic carbocycles. The first kappa shape index (κ1) is 13.7. The summed E-state index contributed by atoms with van der Waals surface area (Å²) < 4.78 is 29.4. The van der Waals surface area contributed by atoms with Crippen molar-refractivity contribution in [2.75, 3.05) is 7.11 Å². The van der Waals surface area contributed by atoms with Gasteiger partial charge in [0, 0.05) is 6.42 Å². The molecule has 0 saturated heterocycles. The SMILES string of the molecule is CCC(=O)C(C)S(=O)(=O)c1ccccc1OC. The Kier molecular flexibility index (Phi) is 4.28. The number of ketones is 1. The summed E-state index contributed by atoms with van der Waals surface area (Å²) >= 11 is 0. The number of hydrogen-bond donors (Lipinski definition) is 0. The minimum atomic E-state index is -3.67. The molecule has 0 bridgehead atoms. The molecule has 0 fully saturated rings. The molecule has 17 heavy (non-hydrogen) atoms. The predicted octanol–water partition coefficient (Wildman–Crippen LogP) is 1.84. The van der Waals surface area contributed by atoms with Gasteiger partial charge in [-0.25, -0.2) is 8.42 Å². The third-order valence-corrected chi connectivity index (χ3v) is 4.79. The summed E-state index contributed by atoms with van der Waals surface area (Å²) in [6, 6.07) is 6.31. The second-order valence-corrected chi connectivity index (χ2v) is 5.89. The Labute approximate surface area is 102 Å². The van der Waals surface area contributed by atoms with Crippen LogP contribution in [-0.2, 0) is 14.6 Å². The molecule has 0 saturated carbocycles. The van der Waals surface area contributed by atoms with Gasteiger partial charge < -0.3 is 4.74 Å². The third kappa shape index (κ3) is 2.66. The Balaban J connectivity index is 3.26. The van der Waals surface area contributed by atoms with Gasteiger partial charge in [0.2, 0.25) is 0 Å². The van der Waals surface area contributed by atoms with Crippen LogP contribution in [0, 0.1) is 0 Å². The van der Waals surface area contributed by atoms with E-state index in [0.29, 0.717) is 0 Å². The quantitative estimate of drug-likeness (QED) is 0.806. The molecule has 0 spiro atoms. The first-order chi connectivity index (χ1) is 7.95. The van der Waals surface area contributed by atoms with Crippen molar-refractivity contribution in [2.24, 2.45) is 0 Å². The summed E-state index contributed by atoms with van der Waals surface area (Å²) in [4.78, 5) is 11.6. The van der Waals surface area contributed by atoms with E-state index in [2.05, 4.69) is 0 Å². The number of benzene rings is 1. The molecule has 5 heteroatoms. The molecule has 1 rings (SSSR count). The van der Waals surface area contributed by atoms with Crippen molar-refractivity contribution in [1.29, 1.82) is 0 Å². The number of para-hydroxylation sites is 1. The molecule has 0 heterocycles. The number of carbonyl (C=O) groups is 1. The maximum atomic E-state index is 12.2. The first-order valence-electron chi connectivity index (χ1n) is 5.34. The van der Waals surface area contributed by atoms with E-state index >= 15 is 0 Å². The van der Waals surface area contributed by atoms with Crippen molar-refractivity contribution in [2.45, 2.75) is 30.4 Å². The molecule has 94 valence electrons. The van der Waals surface area contributed by atoms with Crippen LogP contribution >= 0.6 is 0 Å². The third-order valence-electron chi connectivity index (χ3n) is 2.64. The number of Topliss-reactive ketones (excluding diaryl/α,β-unsaturated/α-hetero) is 1. The molecule has 0 aliphatic heterocycles. The monoisotopic (exact) mass is 256 g/mol. The van der Waals surface area contributed by atoms with Crippen LogP contribution in [0.2, 0.25) is 0 Å². The summed E-state index contributed by atoms with van der Waals surface area (Å²) in [7, 11) is -2.26. The molecule has 0 aliphatic rings. The predicted molar refractivity (Wildman–Crippen MR) is 64.9 cm³/mol. The van der Waals surface area contributed by atoms with Gasteiger partial charge in [-0.3, -0.25) is 4.79 Å². The van der Waals surface area contributed by atoms with Crippen LogP contribution in [-0.4, -0.2) is 26.6 Å². The van der Waals surface area contributed by atoms with Gasteiger partial charge in [0.15, 0.2) is 15.6 Å². The minimum absolute atomic E-state index is 0.0665. The highest BCUT2D eigenvalue weighted by Gasteiger charge is 2.30. The lowest BCUT2D eigenvalue weighted by Crippen LogP contribution is -2.27. The summed E-state index contributed by atoms with van der Waals surface area (Å²) in [5.41, 5.74) is 0. The van der Waals surface area contributed by atoms with Crippen molar-refractivity contribution in [3.05, 3.63) is 24.3 Å². The molecule has 0 radical (unpaired) electrons. The zero-order valence-electron chi connectivity index (χ0n) is 10.1. The lowest BCUT2D eigenvalue weighted by molar-refractivity contribution is -0.118. The molecule has 1 unspecified atom stereocenters. The maximum Gasteiger partial charge on any atom is 0.191 e. The maximum absolute atomic E-state index is 12.2. The molecule has 4 nitrogen and oxygen atoms in total. The molecular weight excluding hydrogens is 240 g/mol. The van der Waals surface area contributed by atoms with Crippen LogP contribution in [0.4, 0.5) is 0 Å². The van der Waals surface area contributed by atoms with Crippen LogP contribution < -0.4 is 4.74 Å². The molecule has 0 N–H and O–H groups in total. The molecular formula is C12H16O4S. The second-order valence-electron chi connectivity index (χ2n) is 3.66. The lowest BCUT2D eigenvalue weighted by Gasteiger charge is -2.13. The fourth-order valence-electron chi connectivity index (χ4n) is 1.50. The van der Waals surface area contributed by atoms with E-state index in [0.717, 1.165) is 0 Å². The Hall–Kier alpha value is -1.36. The Morgan fingerprint density at radius 1 is 1.35 bits per heavy atom. The standard InChI is InChI=1S/C12H16O4S/c1-4-10(13)9(2)17(14,15)12-8-6-5-7-11(12)16-3/h5-9H,4H2,1-3H3. The van der Waals surface area contributed by atoms with E-state index in [1.807, 2.05) is 0 Å². The largest absolute Gasteiger partial charge is 0.495 e. The smallest absolute Gasteiger partial charge is 0.191 e. The number of hydrogen-bond acceptors (Lipinski definition) is 4. The Morgan fingerprint density at radius 3 is 2.47 bits per heavy atom. The van der Waals surface area contributed by atoms with Crippen LogP contribution in [0.15, 0.2) is 29.2 Å². The van der Waals surface area contributed by atoms with Gasteiger partial charge in [0.25, 0.3) is 0 Å². The molecule has 1 atom stereocenters. The number of ether oxygens (including phenoxy) is 1. The van der Waals surface area contributed by atoms with E-state index in [4.69, 9.17) is 4.74 Å². The van der Waals surface area contributed by atoms with Crippen molar-refractivity contribution < 1.29 is 17.9 Å². The van der Waals surface area contributed by atoms with Gasteiger partial charge >= 0.3 is 0 Å². The summed E-state index contributed by atoms with van der Waals surface area (Å²) in [5, 5.41) is -1.04. The molecule has 1 aromatic rings. The fourth-order valence-corrected chi connectivity index (χ4v) is 3.10. The summed E-state index contributed by atoms with van der Waals surface area (Å²) in [6.07, 6.45) is 0.204. The summed E-state index contributed by atoms with van der Waals surface area (Å²) in [6.45, 7) is 3.06. The normalized spacial score (nSPS) is 13.1. The van der Waals surface area contributed by atoms with E-state index < -0.39 is 15.1 Å². The summed E-state index contributed by atoms with van der Waals surface area (Å²) in [5.74, 6) is -0.0286. The van der Waals surface area contributed by atoms with Gasteiger partial charge in [-0.2, -0.15) is 0 Å². The van der Waals surface area contributed by atoms with Gasteiger partial charge in [-0.15, -0.1) is 0 Å². The number of sulfone groups is 1. The fraction of sp³-hybridized carbons (Fsp3) is 0.417. The second kappa shape index (κ2) is 5.31.